The number of ether oxygens (including phenoxy) is 1. The molecule has 2 rings (SSSR count). The summed E-state index contributed by atoms with van der Waals surface area (Å²) in [4.78, 5) is 14.3. The summed E-state index contributed by atoms with van der Waals surface area (Å²) in [6.07, 6.45) is 4.54. The van der Waals surface area contributed by atoms with Crippen molar-refractivity contribution in [2.75, 3.05) is 27.2 Å². The number of nitrogens with one attached hydrogen (secondary N) is 1. The molecule has 4 heteroatoms. The van der Waals surface area contributed by atoms with Gasteiger partial charge in [0.05, 0.1) is 7.11 Å². The molecular weight excluding hydrogens is 240 g/mol. The first-order valence-corrected chi connectivity index (χ1v) is 7.49. The van der Waals surface area contributed by atoms with Gasteiger partial charge in [0, 0.05) is 19.1 Å². The van der Waals surface area contributed by atoms with Crippen molar-refractivity contribution < 1.29 is 9.53 Å². The molecule has 2 aliphatic rings. The summed E-state index contributed by atoms with van der Waals surface area (Å²) in [6.45, 7) is 6.38. The molecule has 4 nitrogen and oxygen atoms in total. The van der Waals surface area contributed by atoms with Crippen LogP contribution in [0.25, 0.3) is 0 Å². The average Bonchev–Trinajstić information content (AvgIpc) is 3.27. The Hall–Kier alpha value is -0.610. The maximum Gasteiger partial charge on any atom is 0.325 e. The summed E-state index contributed by atoms with van der Waals surface area (Å²) in [6, 6.07) is 0.512. The molecule has 2 saturated carbocycles. The second-order valence-corrected chi connectivity index (χ2v) is 6.73. The fourth-order valence-electron chi connectivity index (χ4n) is 2.70. The van der Waals surface area contributed by atoms with Gasteiger partial charge in [-0.15, -0.1) is 0 Å². The van der Waals surface area contributed by atoms with Crippen LogP contribution in [-0.4, -0.2) is 49.7 Å². The standard InChI is InChI=1S/C15H28N2O2/c1-11-9-12(11)10-17(3)8-7-15(2,14(18)19-4)16-13-5-6-13/h11-13,16H,5-10H2,1-4H3. The number of hydrogen-bond donors (Lipinski definition) is 1. The van der Waals surface area contributed by atoms with Crippen LogP contribution in [0.1, 0.15) is 39.5 Å². The quantitative estimate of drug-likeness (QED) is 0.680. The van der Waals surface area contributed by atoms with E-state index in [1.165, 1.54) is 26.4 Å². The molecule has 0 amide bonds. The highest BCUT2D eigenvalue weighted by molar-refractivity contribution is 5.80. The Labute approximate surface area is 116 Å². The molecule has 1 N–H and O–H groups in total. The summed E-state index contributed by atoms with van der Waals surface area (Å²) in [5.74, 6) is 1.62. The zero-order valence-corrected chi connectivity index (χ0v) is 12.7. The van der Waals surface area contributed by atoms with Crippen LogP contribution in [0.15, 0.2) is 0 Å². The predicted molar refractivity (Wildman–Crippen MR) is 76.0 cm³/mol. The van der Waals surface area contributed by atoms with Gasteiger partial charge in [-0.3, -0.25) is 10.1 Å². The minimum Gasteiger partial charge on any atom is -0.468 e. The number of rotatable bonds is 8. The summed E-state index contributed by atoms with van der Waals surface area (Å²) in [5.41, 5.74) is -0.528. The van der Waals surface area contributed by atoms with Crippen LogP contribution >= 0.6 is 0 Å². The highest BCUT2D eigenvalue weighted by atomic mass is 16.5. The zero-order chi connectivity index (χ0) is 14.0. The van der Waals surface area contributed by atoms with Crippen LogP contribution in [0, 0.1) is 11.8 Å². The molecule has 0 saturated heterocycles. The summed E-state index contributed by atoms with van der Waals surface area (Å²) < 4.78 is 4.97. The van der Waals surface area contributed by atoms with Crippen molar-refractivity contribution in [3.63, 3.8) is 0 Å². The van der Waals surface area contributed by atoms with Gasteiger partial charge in [0.25, 0.3) is 0 Å². The Kier molecular flexibility index (Phi) is 4.51. The lowest BCUT2D eigenvalue weighted by atomic mass is 9.97. The van der Waals surface area contributed by atoms with Crippen LogP contribution in [0.5, 0.6) is 0 Å². The first kappa shape index (κ1) is 14.8. The third-order valence-corrected chi connectivity index (χ3v) is 4.55. The monoisotopic (exact) mass is 268 g/mol. The number of esters is 1. The molecule has 0 heterocycles. The van der Waals surface area contributed by atoms with Crippen molar-refractivity contribution in [2.45, 2.75) is 51.1 Å². The lowest BCUT2D eigenvalue weighted by Crippen LogP contribution is -2.52. The minimum absolute atomic E-state index is 0.132. The molecule has 0 aromatic heterocycles. The van der Waals surface area contributed by atoms with Crippen molar-refractivity contribution in [1.82, 2.24) is 10.2 Å². The van der Waals surface area contributed by atoms with Gasteiger partial charge in [0.2, 0.25) is 0 Å². The molecule has 0 bridgehead atoms. The van der Waals surface area contributed by atoms with Gasteiger partial charge < -0.3 is 9.64 Å². The highest BCUT2D eigenvalue weighted by Crippen LogP contribution is 2.38. The van der Waals surface area contributed by atoms with Gasteiger partial charge in [0.15, 0.2) is 0 Å². The van der Waals surface area contributed by atoms with Crippen LogP contribution in [0.2, 0.25) is 0 Å². The SMILES string of the molecule is COC(=O)C(C)(CCN(C)CC1CC1C)NC1CC1. The van der Waals surface area contributed by atoms with E-state index >= 15 is 0 Å². The molecule has 0 aromatic rings. The number of methoxy groups -OCH3 is 1. The average molecular weight is 268 g/mol. The second kappa shape index (κ2) is 5.80. The van der Waals surface area contributed by atoms with Crippen LogP contribution in [-0.2, 0) is 9.53 Å². The Morgan fingerprint density at radius 2 is 2.11 bits per heavy atom. The lowest BCUT2D eigenvalue weighted by Gasteiger charge is -2.30. The van der Waals surface area contributed by atoms with E-state index in [9.17, 15) is 4.79 Å². The van der Waals surface area contributed by atoms with E-state index in [4.69, 9.17) is 4.74 Å². The molecular formula is C15H28N2O2. The molecule has 19 heavy (non-hydrogen) atoms. The summed E-state index contributed by atoms with van der Waals surface area (Å²) >= 11 is 0. The molecule has 0 aliphatic heterocycles. The largest absolute Gasteiger partial charge is 0.468 e. The van der Waals surface area contributed by atoms with Crippen LogP contribution in [0.3, 0.4) is 0 Å². The van der Waals surface area contributed by atoms with Gasteiger partial charge in [0.1, 0.15) is 5.54 Å². The minimum atomic E-state index is -0.528. The third-order valence-electron chi connectivity index (χ3n) is 4.55. The molecule has 2 aliphatic carbocycles. The van der Waals surface area contributed by atoms with Gasteiger partial charge in [-0.25, -0.2) is 0 Å². The molecule has 3 unspecified atom stereocenters. The topological polar surface area (TPSA) is 41.6 Å². The van der Waals surface area contributed by atoms with E-state index in [1.54, 1.807) is 0 Å². The second-order valence-electron chi connectivity index (χ2n) is 6.73. The van der Waals surface area contributed by atoms with E-state index in [0.29, 0.717) is 6.04 Å². The fourth-order valence-corrected chi connectivity index (χ4v) is 2.70. The number of carbonyl (C=O) groups excluding carboxylic acids is 1. The molecule has 2 fully saturated rings. The maximum atomic E-state index is 12.0. The van der Waals surface area contributed by atoms with Gasteiger partial charge >= 0.3 is 5.97 Å². The van der Waals surface area contributed by atoms with Crippen molar-refractivity contribution in [2.24, 2.45) is 11.8 Å². The lowest BCUT2D eigenvalue weighted by molar-refractivity contribution is -0.148. The van der Waals surface area contributed by atoms with Gasteiger partial charge in [-0.05, 0) is 51.5 Å². The zero-order valence-electron chi connectivity index (χ0n) is 12.7. The Balaban J connectivity index is 1.79. The Morgan fingerprint density at radius 3 is 2.58 bits per heavy atom. The smallest absolute Gasteiger partial charge is 0.325 e. The highest BCUT2D eigenvalue weighted by Gasteiger charge is 2.39. The van der Waals surface area contributed by atoms with Crippen molar-refractivity contribution in [3.05, 3.63) is 0 Å². The molecule has 0 aromatic carbocycles. The summed E-state index contributed by atoms with van der Waals surface area (Å²) in [5, 5.41) is 3.45. The van der Waals surface area contributed by atoms with Gasteiger partial charge in [-0.2, -0.15) is 0 Å². The van der Waals surface area contributed by atoms with E-state index < -0.39 is 5.54 Å². The summed E-state index contributed by atoms with van der Waals surface area (Å²) in [7, 11) is 3.63. The molecule has 0 radical (unpaired) electrons. The van der Waals surface area contributed by atoms with Crippen molar-refractivity contribution in [3.8, 4) is 0 Å². The van der Waals surface area contributed by atoms with E-state index in [1.807, 2.05) is 6.92 Å². The van der Waals surface area contributed by atoms with Crippen LogP contribution in [0.4, 0.5) is 0 Å². The fraction of sp³-hybridized carbons (Fsp3) is 0.933. The van der Waals surface area contributed by atoms with E-state index in [2.05, 4.69) is 24.2 Å². The number of nitrogens with zero attached hydrogens (tertiary/aromatic N) is 1. The Morgan fingerprint density at radius 1 is 1.47 bits per heavy atom. The molecule has 110 valence electrons. The molecule has 0 spiro atoms. The van der Waals surface area contributed by atoms with E-state index in [-0.39, 0.29) is 5.97 Å². The first-order chi connectivity index (χ1) is 8.94. The Bertz CT molecular complexity index is 330. The number of hydrogen-bond acceptors (Lipinski definition) is 4. The molecule has 3 atom stereocenters. The first-order valence-electron chi connectivity index (χ1n) is 7.49. The van der Waals surface area contributed by atoms with Crippen LogP contribution < -0.4 is 5.32 Å². The van der Waals surface area contributed by atoms with E-state index in [0.717, 1.165) is 31.3 Å². The third kappa shape index (κ3) is 4.18. The normalized spacial score (nSPS) is 29.1. The number of carbonyl (C=O) groups is 1. The predicted octanol–water partition coefficient (Wildman–Crippen LogP) is 1.65. The van der Waals surface area contributed by atoms with Crippen molar-refractivity contribution in [1.29, 1.82) is 0 Å². The maximum absolute atomic E-state index is 12.0. The van der Waals surface area contributed by atoms with Crippen molar-refractivity contribution >= 4 is 5.97 Å². The van der Waals surface area contributed by atoms with Gasteiger partial charge in [-0.1, -0.05) is 6.92 Å².